The van der Waals surface area contributed by atoms with Gasteiger partial charge in [0.1, 0.15) is 0 Å². The Morgan fingerprint density at radius 3 is 2.54 bits per heavy atom. The van der Waals surface area contributed by atoms with Crippen molar-refractivity contribution in [1.29, 1.82) is 0 Å². The van der Waals surface area contributed by atoms with Gasteiger partial charge in [0.05, 0.1) is 5.56 Å². The summed E-state index contributed by atoms with van der Waals surface area (Å²) in [5, 5.41) is 2.86. The number of nitrogens with one attached hydrogen (secondary N) is 1. The molecule has 1 heterocycles. The number of nitrogens with zero attached hydrogens (tertiary/aromatic N) is 1. The highest BCUT2D eigenvalue weighted by atomic mass is 16.5. The molecule has 0 aliphatic carbocycles. The third kappa shape index (κ3) is 4.91. The second-order valence-corrected chi connectivity index (χ2v) is 5.55. The monoisotopic (exact) mass is 326 g/mol. The molecule has 1 N–H and O–H groups in total. The van der Waals surface area contributed by atoms with E-state index >= 15 is 0 Å². The van der Waals surface area contributed by atoms with E-state index in [0.29, 0.717) is 12.1 Å². The standard InChI is InChI=1S/C19H22N2O3/c1-3-15(16-8-5-4-6-9-16)13-21-18(22)14(2)24-19(23)17-10-7-11-20-12-17/h4-12,14-15H,3,13H2,1-2H3,(H,21,22)/t14-,15-/m1/s1. The summed E-state index contributed by atoms with van der Waals surface area (Å²) in [7, 11) is 0. The first-order valence-corrected chi connectivity index (χ1v) is 8.05. The van der Waals surface area contributed by atoms with E-state index in [-0.39, 0.29) is 11.8 Å². The number of esters is 1. The fraction of sp³-hybridized carbons (Fsp3) is 0.316. The summed E-state index contributed by atoms with van der Waals surface area (Å²) in [5.74, 6) is -0.626. The maximum Gasteiger partial charge on any atom is 0.340 e. The molecule has 0 aliphatic heterocycles. The van der Waals surface area contributed by atoms with Gasteiger partial charge in [0.2, 0.25) is 0 Å². The van der Waals surface area contributed by atoms with Crippen molar-refractivity contribution in [3.8, 4) is 0 Å². The maximum atomic E-state index is 12.2. The quantitative estimate of drug-likeness (QED) is 0.794. The van der Waals surface area contributed by atoms with E-state index in [1.807, 2.05) is 30.3 Å². The molecular weight excluding hydrogens is 304 g/mol. The molecular formula is C19H22N2O3. The van der Waals surface area contributed by atoms with Gasteiger partial charge in [-0.3, -0.25) is 9.78 Å². The zero-order valence-electron chi connectivity index (χ0n) is 13.9. The van der Waals surface area contributed by atoms with Crippen LogP contribution in [0.15, 0.2) is 54.9 Å². The van der Waals surface area contributed by atoms with Gasteiger partial charge in [-0.15, -0.1) is 0 Å². The number of hydrogen-bond acceptors (Lipinski definition) is 4. The Morgan fingerprint density at radius 2 is 1.92 bits per heavy atom. The van der Waals surface area contributed by atoms with Crippen molar-refractivity contribution < 1.29 is 14.3 Å². The van der Waals surface area contributed by atoms with E-state index in [4.69, 9.17) is 4.74 Å². The minimum atomic E-state index is -0.856. The van der Waals surface area contributed by atoms with Crippen LogP contribution in [0, 0.1) is 0 Å². The van der Waals surface area contributed by atoms with Crippen LogP contribution in [0.25, 0.3) is 0 Å². The Bertz CT molecular complexity index is 659. The molecule has 1 aromatic carbocycles. The molecule has 1 amide bonds. The number of carbonyl (C=O) groups excluding carboxylic acids is 2. The lowest BCUT2D eigenvalue weighted by Gasteiger charge is -2.18. The van der Waals surface area contributed by atoms with Crippen LogP contribution in [-0.2, 0) is 9.53 Å². The van der Waals surface area contributed by atoms with Crippen molar-refractivity contribution in [3.63, 3.8) is 0 Å². The number of amides is 1. The molecule has 5 heteroatoms. The number of rotatable bonds is 7. The van der Waals surface area contributed by atoms with Gasteiger partial charge >= 0.3 is 5.97 Å². The SMILES string of the molecule is CC[C@H](CNC(=O)[C@@H](C)OC(=O)c1cccnc1)c1ccccc1. The van der Waals surface area contributed by atoms with Crippen molar-refractivity contribution in [2.45, 2.75) is 32.3 Å². The average Bonchev–Trinajstić information content (AvgIpc) is 2.63. The van der Waals surface area contributed by atoms with Crippen LogP contribution < -0.4 is 5.32 Å². The van der Waals surface area contributed by atoms with E-state index in [2.05, 4.69) is 17.2 Å². The van der Waals surface area contributed by atoms with Gasteiger partial charge in [-0.05, 0) is 31.0 Å². The van der Waals surface area contributed by atoms with E-state index in [0.717, 1.165) is 6.42 Å². The minimum absolute atomic E-state index is 0.233. The molecule has 24 heavy (non-hydrogen) atoms. The minimum Gasteiger partial charge on any atom is -0.449 e. The zero-order chi connectivity index (χ0) is 17.4. The Kier molecular flexibility index (Phi) is 6.49. The molecule has 126 valence electrons. The van der Waals surface area contributed by atoms with Gasteiger partial charge in [0, 0.05) is 24.9 Å². The second kappa shape index (κ2) is 8.82. The first-order chi connectivity index (χ1) is 11.6. The third-order valence-electron chi connectivity index (χ3n) is 3.84. The molecule has 0 radical (unpaired) electrons. The number of benzene rings is 1. The van der Waals surface area contributed by atoms with Crippen LogP contribution in [0.2, 0.25) is 0 Å². The van der Waals surface area contributed by atoms with E-state index in [1.54, 1.807) is 25.3 Å². The topological polar surface area (TPSA) is 68.3 Å². The fourth-order valence-corrected chi connectivity index (χ4v) is 2.36. The Labute approximate surface area is 142 Å². The van der Waals surface area contributed by atoms with Crippen LogP contribution in [0.1, 0.15) is 42.1 Å². The van der Waals surface area contributed by atoms with Crippen LogP contribution in [-0.4, -0.2) is 29.5 Å². The highest BCUT2D eigenvalue weighted by Crippen LogP contribution is 2.18. The summed E-state index contributed by atoms with van der Waals surface area (Å²) in [6.07, 6.45) is 3.04. The third-order valence-corrected chi connectivity index (χ3v) is 3.84. The first-order valence-electron chi connectivity index (χ1n) is 8.05. The Balaban J connectivity index is 1.86. The van der Waals surface area contributed by atoms with Gasteiger partial charge in [0.15, 0.2) is 6.10 Å². The van der Waals surface area contributed by atoms with Crippen molar-refractivity contribution >= 4 is 11.9 Å². The molecule has 2 rings (SSSR count). The fourth-order valence-electron chi connectivity index (χ4n) is 2.36. The van der Waals surface area contributed by atoms with Crippen LogP contribution in [0.3, 0.4) is 0 Å². The zero-order valence-corrected chi connectivity index (χ0v) is 13.9. The van der Waals surface area contributed by atoms with E-state index in [1.165, 1.54) is 11.8 Å². The molecule has 2 atom stereocenters. The van der Waals surface area contributed by atoms with Crippen LogP contribution >= 0.6 is 0 Å². The highest BCUT2D eigenvalue weighted by Gasteiger charge is 2.20. The molecule has 0 saturated carbocycles. The number of carbonyl (C=O) groups is 2. The van der Waals surface area contributed by atoms with E-state index < -0.39 is 12.1 Å². The maximum absolute atomic E-state index is 12.2. The molecule has 0 fully saturated rings. The summed E-state index contributed by atoms with van der Waals surface area (Å²) in [6.45, 7) is 4.15. The number of hydrogen-bond donors (Lipinski definition) is 1. The summed E-state index contributed by atoms with van der Waals surface area (Å²) in [4.78, 5) is 28.0. The van der Waals surface area contributed by atoms with Crippen molar-refractivity contribution in [3.05, 3.63) is 66.0 Å². The Morgan fingerprint density at radius 1 is 1.17 bits per heavy atom. The average molecular weight is 326 g/mol. The second-order valence-electron chi connectivity index (χ2n) is 5.55. The first kappa shape index (κ1) is 17.7. The number of ether oxygens (including phenoxy) is 1. The highest BCUT2D eigenvalue weighted by molar-refractivity contribution is 5.91. The van der Waals surface area contributed by atoms with Crippen molar-refractivity contribution in [2.75, 3.05) is 6.54 Å². The molecule has 0 bridgehead atoms. The van der Waals surface area contributed by atoms with Gasteiger partial charge in [0.25, 0.3) is 5.91 Å². The number of pyridine rings is 1. The van der Waals surface area contributed by atoms with Crippen molar-refractivity contribution in [2.24, 2.45) is 0 Å². The molecule has 2 aromatic rings. The predicted octanol–water partition coefficient (Wildman–Crippen LogP) is 2.94. The molecule has 1 aromatic heterocycles. The predicted molar refractivity (Wildman–Crippen MR) is 91.6 cm³/mol. The van der Waals surface area contributed by atoms with Crippen molar-refractivity contribution in [1.82, 2.24) is 10.3 Å². The van der Waals surface area contributed by atoms with Gasteiger partial charge in [-0.25, -0.2) is 4.79 Å². The number of aromatic nitrogens is 1. The van der Waals surface area contributed by atoms with Gasteiger partial charge in [-0.2, -0.15) is 0 Å². The molecule has 0 unspecified atom stereocenters. The van der Waals surface area contributed by atoms with Crippen LogP contribution in [0.5, 0.6) is 0 Å². The summed E-state index contributed by atoms with van der Waals surface area (Å²) < 4.78 is 5.18. The van der Waals surface area contributed by atoms with Gasteiger partial charge in [-0.1, -0.05) is 37.3 Å². The Hall–Kier alpha value is -2.69. The lowest BCUT2D eigenvalue weighted by Crippen LogP contribution is -2.38. The molecule has 0 aliphatic rings. The molecule has 5 nitrogen and oxygen atoms in total. The van der Waals surface area contributed by atoms with E-state index in [9.17, 15) is 9.59 Å². The molecule has 0 spiro atoms. The summed E-state index contributed by atoms with van der Waals surface area (Å²) >= 11 is 0. The summed E-state index contributed by atoms with van der Waals surface area (Å²) in [5.41, 5.74) is 1.51. The van der Waals surface area contributed by atoms with Crippen LogP contribution in [0.4, 0.5) is 0 Å². The van der Waals surface area contributed by atoms with Gasteiger partial charge < -0.3 is 10.1 Å². The molecule has 0 saturated heterocycles. The lowest BCUT2D eigenvalue weighted by molar-refractivity contribution is -0.129. The smallest absolute Gasteiger partial charge is 0.340 e. The normalized spacial score (nSPS) is 12.9. The summed E-state index contributed by atoms with van der Waals surface area (Å²) in [6, 6.07) is 13.3. The lowest BCUT2D eigenvalue weighted by atomic mass is 9.96. The largest absolute Gasteiger partial charge is 0.449 e.